The van der Waals surface area contributed by atoms with E-state index in [1.165, 1.54) is 0 Å². The number of hydrogen-bond donors (Lipinski definition) is 1. The lowest BCUT2D eigenvalue weighted by Crippen LogP contribution is -2.26. The van der Waals surface area contributed by atoms with Gasteiger partial charge in [0.2, 0.25) is 10.0 Å². The first-order valence-electron chi connectivity index (χ1n) is 7.07. The van der Waals surface area contributed by atoms with Crippen LogP contribution >= 0.6 is 0 Å². The number of rotatable bonds is 5. The molecule has 0 aliphatic rings. The van der Waals surface area contributed by atoms with Crippen LogP contribution < -0.4 is 4.72 Å². The van der Waals surface area contributed by atoms with E-state index in [9.17, 15) is 8.42 Å². The van der Waals surface area contributed by atoms with Gasteiger partial charge in [0, 0.05) is 6.04 Å². The summed E-state index contributed by atoms with van der Waals surface area (Å²) >= 11 is 0. The molecular formula is C17H21NO2S. The maximum atomic E-state index is 12.4. The van der Waals surface area contributed by atoms with Gasteiger partial charge in [0.25, 0.3) is 0 Å². The van der Waals surface area contributed by atoms with Crippen molar-refractivity contribution in [1.29, 1.82) is 0 Å². The molecule has 1 N–H and O–H groups in total. The highest BCUT2D eigenvalue weighted by Gasteiger charge is 2.18. The van der Waals surface area contributed by atoms with Crippen molar-refractivity contribution in [3.05, 3.63) is 65.7 Å². The van der Waals surface area contributed by atoms with E-state index < -0.39 is 10.0 Å². The van der Waals surface area contributed by atoms with Crippen molar-refractivity contribution in [1.82, 2.24) is 4.72 Å². The lowest BCUT2D eigenvalue weighted by atomic mass is 10.0. The molecule has 0 aliphatic heterocycles. The number of hydrogen-bond acceptors (Lipinski definition) is 2. The van der Waals surface area contributed by atoms with Gasteiger partial charge in [-0.05, 0) is 36.1 Å². The summed E-state index contributed by atoms with van der Waals surface area (Å²) in [5.41, 5.74) is 2.07. The van der Waals surface area contributed by atoms with Gasteiger partial charge in [-0.3, -0.25) is 0 Å². The Morgan fingerprint density at radius 2 is 1.38 bits per heavy atom. The molecule has 0 amide bonds. The van der Waals surface area contributed by atoms with Gasteiger partial charge < -0.3 is 0 Å². The van der Waals surface area contributed by atoms with E-state index >= 15 is 0 Å². The Hall–Kier alpha value is -1.65. The predicted molar refractivity (Wildman–Crippen MR) is 85.7 cm³/mol. The predicted octanol–water partition coefficient (Wildman–Crippen LogP) is 3.85. The Kier molecular flexibility index (Phi) is 4.80. The van der Waals surface area contributed by atoms with Gasteiger partial charge >= 0.3 is 0 Å². The number of benzene rings is 2. The number of sulfonamides is 1. The molecule has 2 aromatic rings. The van der Waals surface area contributed by atoms with Crippen molar-refractivity contribution in [2.24, 2.45) is 0 Å². The minimum atomic E-state index is -3.50. The fourth-order valence-electron chi connectivity index (χ4n) is 2.14. The second-order valence-corrected chi connectivity index (χ2v) is 7.19. The van der Waals surface area contributed by atoms with Crippen LogP contribution in [0.3, 0.4) is 0 Å². The third-order valence-corrected chi connectivity index (χ3v) is 5.05. The molecule has 0 aromatic heterocycles. The highest BCUT2D eigenvalue weighted by molar-refractivity contribution is 7.89. The van der Waals surface area contributed by atoms with Crippen molar-refractivity contribution in [2.75, 3.05) is 0 Å². The SMILES string of the molecule is CC(C)c1ccc(S(=O)(=O)N[C@H](C)c2ccccc2)cc1. The van der Waals surface area contributed by atoms with Gasteiger partial charge in [-0.2, -0.15) is 0 Å². The molecule has 0 aliphatic carbocycles. The molecular weight excluding hydrogens is 282 g/mol. The van der Waals surface area contributed by atoms with E-state index in [-0.39, 0.29) is 6.04 Å². The normalized spacial score (nSPS) is 13.3. The molecule has 4 heteroatoms. The minimum absolute atomic E-state index is 0.263. The van der Waals surface area contributed by atoms with Gasteiger partial charge in [-0.1, -0.05) is 56.3 Å². The zero-order chi connectivity index (χ0) is 15.5. The van der Waals surface area contributed by atoms with E-state index in [0.29, 0.717) is 10.8 Å². The first-order valence-corrected chi connectivity index (χ1v) is 8.55. The van der Waals surface area contributed by atoms with Crippen LogP contribution in [-0.4, -0.2) is 8.42 Å². The van der Waals surface area contributed by atoms with Crippen LogP contribution in [0, 0.1) is 0 Å². The van der Waals surface area contributed by atoms with Crippen molar-refractivity contribution < 1.29 is 8.42 Å². The Labute approximate surface area is 127 Å². The average Bonchev–Trinajstić information content (AvgIpc) is 2.48. The summed E-state index contributed by atoms with van der Waals surface area (Å²) in [6.07, 6.45) is 0. The number of nitrogens with one attached hydrogen (secondary N) is 1. The highest BCUT2D eigenvalue weighted by Crippen LogP contribution is 2.19. The molecule has 0 bridgehead atoms. The Morgan fingerprint density at radius 3 is 1.90 bits per heavy atom. The standard InChI is InChI=1S/C17H21NO2S/c1-13(2)15-9-11-17(12-10-15)21(19,20)18-14(3)16-7-5-4-6-8-16/h4-14,18H,1-3H3/t14-/m1/s1. The van der Waals surface area contributed by atoms with Crippen molar-refractivity contribution in [3.8, 4) is 0 Å². The third-order valence-electron chi connectivity index (χ3n) is 3.49. The molecule has 0 fully saturated rings. The van der Waals surface area contributed by atoms with Crippen LogP contribution in [0.25, 0.3) is 0 Å². The molecule has 0 spiro atoms. The lowest BCUT2D eigenvalue weighted by molar-refractivity contribution is 0.567. The Morgan fingerprint density at radius 1 is 0.810 bits per heavy atom. The Balaban J connectivity index is 2.18. The maximum absolute atomic E-state index is 12.4. The van der Waals surface area contributed by atoms with Crippen LogP contribution in [0.4, 0.5) is 0 Å². The van der Waals surface area contributed by atoms with E-state index in [2.05, 4.69) is 18.6 Å². The topological polar surface area (TPSA) is 46.2 Å². The van der Waals surface area contributed by atoms with E-state index in [1.54, 1.807) is 12.1 Å². The molecule has 0 saturated carbocycles. The van der Waals surface area contributed by atoms with Crippen LogP contribution in [0.15, 0.2) is 59.5 Å². The van der Waals surface area contributed by atoms with Crippen molar-refractivity contribution >= 4 is 10.0 Å². The van der Waals surface area contributed by atoms with Crippen LogP contribution in [-0.2, 0) is 10.0 Å². The molecule has 0 saturated heterocycles. The van der Waals surface area contributed by atoms with Crippen LogP contribution in [0.5, 0.6) is 0 Å². The summed E-state index contributed by atoms with van der Waals surface area (Å²) in [6, 6.07) is 16.3. The molecule has 2 rings (SSSR count). The summed E-state index contributed by atoms with van der Waals surface area (Å²) in [5.74, 6) is 0.387. The highest BCUT2D eigenvalue weighted by atomic mass is 32.2. The molecule has 0 heterocycles. The van der Waals surface area contributed by atoms with E-state index in [4.69, 9.17) is 0 Å². The fraction of sp³-hybridized carbons (Fsp3) is 0.294. The van der Waals surface area contributed by atoms with Gasteiger partial charge in [-0.25, -0.2) is 13.1 Å². The van der Waals surface area contributed by atoms with Gasteiger partial charge in [0.05, 0.1) is 4.90 Å². The van der Waals surface area contributed by atoms with Crippen molar-refractivity contribution in [2.45, 2.75) is 37.6 Å². The zero-order valence-corrected chi connectivity index (χ0v) is 13.4. The largest absolute Gasteiger partial charge is 0.241 e. The summed E-state index contributed by atoms with van der Waals surface area (Å²) in [4.78, 5) is 0.301. The quantitative estimate of drug-likeness (QED) is 0.912. The summed E-state index contributed by atoms with van der Waals surface area (Å²) in [5, 5.41) is 0. The smallest absolute Gasteiger partial charge is 0.207 e. The fourth-order valence-corrected chi connectivity index (χ4v) is 3.37. The summed E-state index contributed by atoms with van der Waals surface area (Å²) in [7, 11) is -3.50. The molecule has 2 aromatic carbocycles. The average molecular weight is 303 g/mol. The summed E-state index contributed by atoms with van der Waals surface area (Å²) < 4.78 is 27.5. The second-order valence-electron chi connectivity index (χ2n) is 5.48. The lowest BCUT2D eigenvalue weighted by Gasteiger charge is -2.15. The molecule has 1 atom stereocenters. The zero-order valence-electron chi connectivity index (χ0n) is 12.6. The third kappa shape index (κ3) is 3.93. The van der Waals surface area contributed by atoms with Gasteiger partial charge in [0.15, 0.2) is 0 Å². The summed E-state index contributed by atoms with van der Waals surface area (Å²) in [6.45, 7) is 6.01. The maximum Gasteiger partial charge on any atom is 0.241 e. The van der Waals surface area contributed by atoms with Gasteiger partial charge in [-0.15, -0.1) is 0 Å². The first kappa shape index (κ1) is 15.7. The molecule has 0 radical (unpaired) electrons. The van der Waals surface area contributed by atoms with E-state index in [1.807, 2.05) is 49.4 Å². The molecule has 3 nitrogen and oxygen atoms in total. The van der Waals surface area contributed by atoms with Crippen molar-refractivity contribution in [3.63, 3.8) is 0 Å². The molecule has 21 heavy (non-hydrogen) atoms. The van der Waals surface area contributed by atoms with Gasteiger partial charge in [0.1, 0.15) is 0 Å². The van der Waals surface area contributed by atoms with Crippen LogP contribution in [0.2, 0.25) is 0 Å². The Bertz CT molecular complexity index is 676. The first-order chi connectivity index (χ1) is 9.90. The van der Waals surface area contributed by atoms with Crippen LogP contribution in [0.1, 0.15) is 43.9 Å². The molecule has 112 valence electrons. The second kappa shape index (κ2) is 6.41. The minimum Gasteiger partial charge on any atom is -0.207 e. The molecule has 0 unspecified atom stereocenters. The monoisotopic (exact) mass is 303 g/mol. The van der Waals surface area contributed by atoms with E-state index in [0.717, 1.165) is 11.1 Å².